The number of hydrogen-bond donors (Lipinski definition) is 0. The zero-order valence-electron chi connectivity index (χ0n) is 13.1. The third kappa shape index (κ3) is 3.52. The molecule has 1 fully saturated rings. The van der Waals surface area contributed by atoms with Crippen LogP contribution in [-0.4, -0.2) is 32.3 Å². The lowest BCUT2D eigenvalue weighted by molar-refractivity contribution is 0.217. The lowest BCUT2D eigenvalue weighted by Gasteiger charge is -2.23. The third-order valence-corrected chi connectivity index (χ3v) is 5.28. The van der Waals surface area contributed by atoms with Crippen LogP contribution in [0.15, 0.2) is 17.8 Å². The minimum absolute atomic E-state index is 0.533. The second-order valence-corrected chi connectivity index (χ2v) is 7.23. The summed E-state index contributed by atoms with van der Waals surface area (Å²) in [5, 5.41) is 7.90. The molecule has 0 saturated carbocycles. The van der Waals surface area contributed by atoms with E-state index in [4.69, 9.17) is 4.98 Å². The number of aromatic nitrogens is 3. The van der Waals surface area contributed by atoms with E-state index in [9.17, 15) is 0 Å². The van der Waals surface area contributed by atoms with Gasteiger partial charge < -0.3 is 0 Å². The Morgan fingerprint density at radius 3 is 2.95 bits per heavy atom. The van der Waals surface area contributed by atoms with E-state index in [2.05, 4.69) is 47.0 Å². The molecule has 4 nitrogen and oxygen atoms in total. The van der Waals surface area contributed by atoms with Gasteiger partial charge in [-0.05, 0) is 31.9 Å². The van der Waals surface area contributed by atoms with E-state index in [1.54, 1.807) is 11.3 Å². The molecule has 21 heavy (non-hydrogen) atoms. The van der Waals surface area contributed by atoms with Crippen molar-refractivity contribution >= 4 is 11.3 Å². The van der Waals surface area contributed by atoms with Gasteiger partial charge in [0.15, 0.2) is 0 Å². The molecule has 0 bridgehead atoms. The molecule has 0 unspecified atom stereocenters. The molecule has 1 atom stereocenters. The van der Waals surface area contributed by atoms with E-state index in [-0.39, 0.29) is 0 Å². The Bertz CT molecular complexity index is 587. The van der Waals surface area contributed by atoms with Crippen LogP contribution in [0, 0.1) is 6.92 Å². The van der Waals surface area contributed by atoms with E-state index in [1.165, 1.54) is 35.7 Å². The predicted molar refractivity (Wildman–Crippen MR) is 86.6 cm³/mol. The molecule has 2 aromatic rings. The van der Waals surface area contributed by atoms with Crippen molar-refractivity contribution in [1.29, 1.82) is 0 Å². The second-order valence-electron chi connectivity index (χ2n) is 6.34. The topological polar surface area (TPSA) is 34.0 Å². The second kappa shape index (κ2) is 6.28. The maximum absolute atomic E-state index is 4.77. The number of thiazole rings is 1. The highest BCUT2D eigenvalue weighted by molar-refractivity contribution is 7.09. The van der Waals surface area contributed by atoms with Gasteiger partial charge in [0.2, 0.25) is 0 Å². The smallest absolute Gasteiger partial charge is 0.0954 e. The summed E-state index contributed by atoms with van der Waals surface area (Å²) in [6.07, 6.45) is 6.62. The summed E-state index contributed by atoms with van der Waals surface area (Å²) in [4.78, 5) is 7.34. The molecular formula is C16H24N4S. The fourth-order valence-corrected chi connectivity index (χ4v) is 3.79. The van der Waals surface area contributed by atoms with Crippen LogP contribution in [0.4, 0.5) is 0 Å². The zero-order chi connectivity index (χ0) is 14.8. The Kier molecular flexibility index (Phi) is 4.40. The minimum Gasteiger partial charge on any atom is -0.293 e. The Morgan fingerprint density at radius 1 is 1.43 bits per heavy atom. The molecule has 1 aliphatic rings. The number of rotatable bonds is 5. The van der Waals surface area contributed by atoms with Crippen molar-refractivity contribution in [1.82, 2.24) is 19.7 Å². The highest BCUT2D eigenvalue weighted by Crippen LogP contribution is 2.24. The summed E-state index contributed by atoms with van der Waals surface area (Å²) in [6, 6.07) is 0.591. The first-order valence-electron chi connectivity index (χ1n) is 7.79. The summed E-state index contributed by atoms with van der Waals surface area (Å²) in [5.41, 5.74) is 2.47. The van der Waals surface area contributed by atoms with Crippen LogP contribution >= 0.6 is 11.3 Å². The molecule has 0 aliphatic carbocycles. The molecule has 5 heteroatoms. The summed E-state index contributed by atoms with van der Waals surface area (Å²) in [5.74, 6) is 0.533. The van der Waals surface area contributed by atoms with Gasteiger partial charge in [-0.2, -0.15) is 5.10 Å². The Morgan fingerprint density at radius 2 is 2.29 bits per heavy atom. The van der Waals surface area contributed by atoms with Gasteiger partial charge in [0, 0.05) is 30.1 Å². The normalized spacial score (nSPS) is 19.7. The minimum atomic E-state index is 0.533. The molecule has 2 aromatic heterocycles. The van der Waals surface area contributed by atoms with E-state index < -0.39 is 0 Å². The predicted octanol–water partition coefficient (Wildman–Crippen LogP) is 3.44. The average Bonchev–Trinajstić information content (AvgIpc) is 3.14. The molecule has 0 N–H and O–H groups in total. The highest BCUT2D eigenvalue weighted by Gasteiger charge is 2.25. The van der Waals surface area contributed by atoms with E-state index in [0.29, 0.717) is 12.0 Å². The van der Waals surface area contributed by atoms with E-state index in [0.717, 1.165) is 13.1 Å². The first-order valence-corrected chi connectivity index (χ1v) is 8.67. The van der Waals surface area contributed by atoms with Crippen molar-refractivity contribution < 1.29 is 0 Å². The van der Waals surface area contributed by atoms with Crippen molar-refractivity contribution in [2.45, 2.75) is 58.7 Å². The van der Waals surface area contributed by atoms with Gasteiger partial charge in [-0.25, -0.2) is 4.98 Å². The lowest BCUT2D eigenvalue weighted by atomic mass is 10.2. The fourth-order valence-electron chi connectivity index (χ4n) is 2.96. The number of aryl methyl sites for hydroxylation is 1. The molecule has 0 aromatic carbocycles. The van der Waals surface area contributed by atoms with Crippen molar-refractivity contribution in [3.63, 3.8) is 0 Å². The van der Waals surface area contributed by atoms with Crippen LogP contribution in [0.1, 0.15) is 48.9 Å². The van der Waals surface area contributed by atoms with Gasteiger partial charge in [-0.1, -0.05) is 13.8 Å². The quantitative estimate of drug-likeness (QED) is 0.848. The molecule has 3 heterocycles. The monoisotopic (exact) mass is 304 g/mol. The molecule has 0 radical (unpaired) electrons. The summed E-state index contributed by atoms with van der Waals surface area (Å²) < 4.78 is 2.08. The maximum atomic E-state index is 4.77. The Hall–Kier alpha value is -1.20. The van der Waals surface area contributed by atoms with Crippen LogP contribution in [0.2, 0.25) is 0 Å². The van der Waals surface area contributed by atoms with Gasteiger partial charge in [0.1, 0.15) is 0 Å². The van der Waals surface area contributed by atoms with Crippen molar-refractivity contribution in [2.24, 2.45) is 0 Å². The van der Waals surface area contributed by atoms with E-state index in [1.807, 2.05) is 6.20 Å². The van der Waals surface area contributed by atoms with Gasteiger partial charge in [0.25, 0.3) is 0 Å². The lowest BCUT2D eigenvalue weighted by Crippen LogP contribution is -2.32. The van der Waals surface area contributed by atoms with Crippen molar-refractivity contribution in [2.75, 3.05) is 6.54 Å². The van der Waals surface area contributed by atoms with Crippen molar-refractivity contribution in [3.05, 3.63) is 34.0 Å². The van der Waals surface area contributed by atoms with Gasteiger partial charge >= 0.3 is 0 Å². The SMILES string of the molecule is Cc1cnn(C[C@H]2CCCN2Cc2csc(C(C)C)n2)c1. The van der Waals surface area contributed by atoms with E-state index >= 15 is 0 Å². The number of hydrogen-bond acceptors (Lipinski definition) is 4. The van der Waals surface area contributed by atoms with Crippen LogP contribution in [0.5, 0.6) is 0 Å². The Balaban J connectivity index is 1.63. The van der Waals surface area contributed by atoms with Crippen molar-refractivity contribution in [3.8, 4) is 0 Å². The average molecular weight is 304 g/mol. The first-order chi connectivity index (χ1) is 10.1. The van der Waals surface area contributed by atoms with Gasteiger partial charge in [0.05, 0.1) is 23.4 Å². The van der Waals surface area contributed by atoms with Crippen LogP contribution in [-0.2, 0) is 13.1 Å². The maximum Gasteiger partial charge on any atom is 0.0954 e. The van der Waals surface area contributed by atoms with Crippen LogP contribution in [0.3, 0.4) is 0 Å². The van der Waals surface area contributed by atoms with Crippen LogP contribution in [0.25, 0.3) is 0 Å². The fraction of sp³-hybridized carbons (Fsp3) is 0.625. The molecule has 114 valence electrons. The zero-order valence-corrected chi connectivity index (χ0v) is 13.9. The summed E-state index contributed by atoms with van der Waals surface area (Å²) in [6.45, 7) is 9.67. The molecule has 1 saturated heterocycles. The molecule has 3 rings (SSSR count). The number of nitrogens with zero attached hydrogens (tertiary/aromatic N) is 4. The summed E-state index contributed by atoms with van der Waals surface area (Å²) >= 11 is 1.79. The van der Waals surface area contributed by atoms with Crippen LogP contribution < -0.4 is 0 Å². The van der Waals surface area contributed by atoms with Gasteiger partial charge in [-0.3, -0.25) is 9.58 Å². The Labute approximate surface area is 130 Å². The third-order valence-electron chi connectivity index (χ3n) is 4.09. The molecule has 0 spiro atoms. The number of likely N-dealkylation sites (tertiary alicyclic amines) is 1. The molecule has 1 aliphatic heterocycles. The largest absolute Gasteiger partial charge is 0.293 e. The standard InChI is InChI=1S/C16H24N4S/c1-12(2)16-18-14(11-21-16)9-19-6-4-5-15(19)10-20-8-13(3)7-17-20/h7-8,11-12,15H,4-6,9-10H2,1-3H3/t15-/m1/s1. The first kappa shape index (κ1) is 14.7. The van der Waals surface area contributed by atoms with Gasteiger partial charge in [-0.15, -0.1) is 11.3 Å². The highest BCUT2D eigenvalue weighted by atomic mass is 32.1. The molecule has 0 amide bonds. The molecular weight excluding hydrogens is 280 g/mol. The summed E-state index contributed by atoms with van der Waals surface area (Å²) in [7, 11) is 0.